The number of hydrogen-bond acceptors (Lipinski definition) is 4. The Labute approximate surface area is 166 Å². The van der Waals surface area contributed by atoms with Gasteiger partial charge in [0.1, 0.15) is 11.4 Å². The number of hydrogen-bond donors (Lipinski definition) is 1. The van der Waals surface area contributed by atoms with Gasteiger partial charge in [-0.2, -0.15) is 0 Å². The highest BCUT2D eigenvalue weighted by Gasteiger charge is 2.74. The van der Waals surface area contributed by atoms with Gasteiger partial charge in [0.05, 0.1) is 17.5 Å². The Morgan fingerprint density at radius 2 is 1.83 bits per heavy atom. The van der Waals surface area contributed by atoms with Crippen molar-refractivity contribution in [3.8, 4) is 0 Å². The fraction of sp³-hybridized carbons (Fsp3) is 0.318. The molecule has 1 N–H and O–H groups in total. The number of rotatable bonds is 1. The number of carbonyl (C=O) groups excluding carboxylic acids is 3. The molecular formula is C22H18FN3O3. The molecule has 0 unspecified atom stereocenters. The lowest BCUT2D eigenvalue weighted by atomic mass is 9.75. The average molecular weight is 391 g/mol. The lowest BCUT2D eigenvalue weighted by Crippen LogP contribution is -2.54. The van der Waals surface area contributed by atoms with Gasteiger partial charge in [-0.15, -0.1) is 0 Å². The zero-order valence-electron chi connectivity index (χ0n) is 15.5. The van der Waals surface area contributed by atoms with Crippen molar-refractivity contribution >= 4 is 29.1 Å². The number of imide groups is 1. The van der Waals surface area contributed by atoms with E-state index in [2.05, 4.69) is 5.32 Å². The number of fused-ring (bicyclic) bond motifs is 7. The van der Waals surface area contributed by atoms with Crippen LogP contribution < -0.4 is 10.2 Å². The van der Waals surface area contributed by atoms with Crippen molar-refractivity contribution in [3.63, 3.8) is 0 Å². The lowest BCUT2D eigenvalue weighted by molar-refractivity contribution is -0.135. The molecule has 4 aliphatic rings. The van der Waals surface area contributed by atoms with Gasteiger partial charge in [-0.3, -0.25) is 19.3 Å². The Morgan fingerprint density at radius 3 is 2.62 bits per heavy atom. The van der Waals surface area contributed by atoms with Crippen LogP contribution in [0.5, 0.6) is 0 Å². The van der Waals surface area contributed by atoms with Crippen molar-refractivity contribution in [3.05, 3.63) is 59.9 Å². The summed E-state index contributed by atoms with van der Waals surface area (Å²) in [7, 11) is 0. The first kappa shape index (κ1) is 16.9. The van der Waals surface area contributed by atoms with Gasteiger partial charge in [-0.1, -0.05) is 18.2 Å². The van der Waals surface area contributed by atoms with Crippen molar-refractivity contribution < 1.29 is 18.8 Å². The summed E-state index contributed by atoms with van der Waals surface area (Å²) in [6, 6.07) is 12.8. The molecule has 1 spiro atoms. The van der Waals surface area contributed by atoms with Gasteiger partial charge in [-0.05, 0) is 49.7 Å². The number of para-hydroxylation sites is 1. The molecule has 6 rings (SSSR count). The minimum Gasteiger partial charge on any atom is -0.324 e. The molecular weight excluding hydrogens is 373 g/mol. The second kappa shape index (κ2) is 5.51. The first-order valence-electron chi connectivity index (χ1n) is 9.86. The SMILES string of the molecule is O=C1[C@H]2[C@@H](C(=O)N1c1ccccc1)[C@@]1(C(=O)Nc3ccc(F)cc31)N1CCC[C@@H]21. The third-order valence-corrected chi connectivity index (χ3v) is 6.97. The average Bonchev–Trinajstić information content (AvgIpc) is 3.41. The minimum absolute atomic E-state index is 0.204. The number of halogens is 1. The van der Waals surface area contributed by atoms with Crippen LogP contribution in [0.15, 0.2) is 48.5 Å². The van der Waals surface area contributed by atoms with Crippen LogP contribution >= 0.6 is 0 Å². The molecule has 0 aromatic heterocycles. The molecule has 4 aliphatic heterocycles. The van der Waals surface area contributed by atoms with Crippen LogP contribution in [0.4, 0.5) is 15.8 Å². The number of anilines is 2. The second-order valence-electron chi connectivity index (χ2n) is 8.16. The monoisotopic (exact) mass is 391 g/mol. The molecule has 3 fully saturated rings. The first-order valence-corrected chi connectivity index (χ1v) is 9.86. The van der Waals surface area contributed by atoms with Gasteiger partial charge in [0.2, 0.25) is 17.7 Å². The number of nitrogens with one attached hydrogen (secondary N) is 1. The number of nitrogens with zero attached hydrogens (tertiary/aromatic N) is 2. The standard InChI is InChI=1S/C22H18FN3O3/c23-12-8-9-15-14(11-12)22(21(29)24-15)18-17(16-7-4-10-25(16)22)19(27)26(20(18)28)13-5-2-1-3-6-13/h1-3,5-6,8-9,11,16-18H,4,7,10H2,(H,24,29)/t16-,17+,18-,22-/m0/s1. The maximum atomic E-state index is 14.2. The summed E-state index contributed by atoms with van der Waals surface area (Å²) in [5.74, 6) is -2.91. The zero-order chi connectivity index (χ0) is 19.9. The molecule has 29 heavy (non-hydrogen) atoms. The molecule has 0 radical (unpaired) electrons. The second-order valence-corrected chi connectivity index (χ2v) is 8.16. The quantitative estimate of drug-likeness (QED) is 0.757. The minimum atomic E-state index is -1.33. The van der Waals surface area contributed by atoms with E-state index in [1.54, 1.807) is 24.3 Å². The normalized spacial score (nSPS) is 32.7. The van der Waals surface area contributed by atoms with Crippen LogP contribution in [0.1, 0.15) is 18.4 Å². The van der Waals surface area contributed by atoms with Gasteiger partial charge in [0.15, 0.2) is 0 Å². The molecule has 0 aliphatic carbocycles. The summed E-state index contributed by atoms with van der Waals surface area (Å²) in [6.07, 6.45) is 1.57. The smallest absolute Gasteiger partial charge is 0.250 e. The summed E-state index contributed by atoms with van der Waals surface area (Å²) < 4.78 is 14.2. The van der Waals surface area contributed by atoms with E-state index in [1.807, 2.05) is 11.0 Å². The van der Waals surface area contributed by atoms with Crippen molar-refractivity contribution in [2.24, 2.45) is 11.8 Å². The first-order chi connectivity index (χ1) is 14.0. The van der Waals surface area contributed by atoms with Crippen molar-refractivity contribution in [1.29, 1.82) is 0 Å². The predicted octanol–water partition coefficient (Wildman–Crippen LogP) is 2.26. The fourth-order valence-electron chi connectivity index (χ4n) is 6.01. The number of benzene rings is 2. The highest BCUT2D eigenvalue weighted by Crippen LogP contribution is 2.60. The van der Waals surface area contributed by atoms with E-state index >= 15 is 0 Å². The van der Waals surface area contributed by atoms with E-state index in [4.69, 9.17) is 0 Å². The van der Waals surface area contributed by atoms with Gasteiger partial charge >= 0.3 is 0 Å². The largest absolute Gasteiger partial charge is 0.324 e. The molecule has 0 bridgehead atoms. The maximum absolute atomic E-state index is 14.2. The summed E-state index contributed by atoms with van der Waals surface area (Å²) in [5, 5.41) is 2.84. The Kier molecular flexibility index (Phi) is 3.20. The summed E-state index contributed by atoms with van der Waals surface area (Å²) in [4.78, 5) is 43.7. The molecule has 3 amide bonds. The number of amides is 3. The molecule has 4 atom stereocenters. The highest BCUT2D eigenvalue weighted by atomic mass is 19.1. The molecule has 0 saturated carbocycles. The van der Waals surface area contributed by atoms with Gasteiger partial charge in [0.25, 0.3) is 0 Å². The molecule has 6 nitrogen and oxygen atoms in total. The number of carbonyl (C=O) groups is 3. The van der Waals surface area contributed by atoms with Crippen LogP contribution in [0.25, 0.3) is 0 Å². The van der Waals surface area contributed by atoms with E-state index in [-0.39, 0.29) is 23.8 Å². The fourth-order valence-corrected chi connectivity index (χ4v) is 6.01. The van der Waals surface area contributed by atoms with Gasteiger partial charge in [-0.25, -0.2) is 9.29 Å². The maximum Gasteiger partial charge on any atom is 0.250 e. The molecule has 2 aromatic rings. The van der Waals surface area contributed by atoms with E-state index in [9.17, 15) is 18.8 Å². The van der Waals surface area contributed by atoms with Crippen molar-refractivity contribution in [2.45, 2.75) is 24.4 Å². The third-order valence-electron chi connectivity index (χ3n) is 6.97. The van der Waals surface area contributed by atoms with Gasteiger partial charge in [0, 0.05) is 17.3 Å². The Morgan fingerprint density at radius 1 is 1.03 bits per heavy atom. The predicted molar refractivity (Wildman–Crippen MR) is 102 cm³/mol. The lowest BCUT2D eigenvalue weighted by Gasteiger charge is -2.36. The van der Waals surface area contributed by atoms with Crippen molar-refractivity contribution in [1.82, 2.24) is 4.90 Å². The third kappa shape index (κ3) is 1.86. The van der Waals surface area contributed by atoms with E-state index in [1.165, 1.54) is 23.1 Å². The van der Waals surface area contributed by atoms with Crippen LogP contribution in [-0.2, 0) is 19.9 Å². The highest BCUT2D eigenvalue weighted by molar-refractivity contribution is 6.25. The van der Waals surface area contributed by atoms with Crippen LogP contribution in [0, 0.1) is 17.7 Å². The molecule has 4 heterocycles. The van der Waals surface area contributed by atoms with Crippen molar-refractivity contribution in [2.75, 3.05) is 16.8 Å². The Hall–Kier alpha value is -3.06. The zero-order valence-corrected chi connectivity index (χ0v) is 15.5. The molecule has 3 saturated heterocycles. The molecule has 7 heteroatoms. The van der Waals surface area contributed by atoms with E-state index < -0.39 is 23.2 Å². The summed E-state index contributed by atoms with van der Waals surface area (Å²) in [5.41, 5.74) is 0.160. The molecule has 2 aromatic carbocycles. The van der Waals surface area contributed by atoms with E-state index in [0.29, 0.717) is 23.5 Å². The Balaban J connectivity index is 1.58. The molecule has 146 valence electrons. The summed E-state index contributed by atoms with van der Waals surface area (Å²) in [6.45, 7) is 0.604. The van der Waals surface area contributed by atoms with Crippen LogP contribution in [0.3, 0.4) is 0 Å². The van der Waals surface area contributed by atoms with Gasteiger partial charge < -0.3 is 5.32 Å². The Bertz CT molecular complexity index is 1090. The topological polar surface area (TPSA) is 69.7 Å². The van der Waals surface area contributed by atoms with E-state index in [0.717, 1.165) is 12.8 Å². The van der Waals surface area contributed by atoms with Crippen LogP contribution in [0.2, 0.25) is 0 Å². The van der Waals surface area contributed by atoms with Crippen LogP contribution in [-0.4, -0.2) is 35.2 Å². The summed E-state index contributed by atoms with van der Waals surface area (Å²) >= 11 is 0.